The number of nitrogen functional groups attached to an aromatic ring is 1. The number of fused-ring (bicyclic) bond motifs is 3. The number of carbonyl (C=O) groups excluding carboxylic acids is 1. The van der Waals surface area contributed by atoms with Gasteiger partial charge in [-0.2, -0.15) is 0 Å². The Labute approximate surface area is 186 Å². The molecule has 1 amide bonds. The summed E-state index contributed by atoms with van der Waals surface area (Å²) in [5.41, 5.74) is 10.4. The number of hydrogen-bond donors (Lipinski definition) is 3. The fourth-order valence-electron chi connectivity index (χ4n) is 3.92. The Bertz CT molecular complexity index is 1310. The minimum absolute atomic E-state index is 0.138. The van der Waals surface area contributed by atoms with Crippen molar-refractivity contribution in [1.29, 1.82) is 0 Å². The van der Waals surface area contributed by atoms with Crippen molar-refractivity contribution in [2.24, 2.45) is 0 Å². The van der Waals surface area contributed by atoms with E-state index >= 15 is 0 Å². The van der Waals surface area contributed by atoms with Crippen molar-refractivity contribution >= 4 is 33.7 Å². The number of nitrogens with one attached hydrogen (secondary N) is 1. The van der Waals surface area contributed by atoms with Crippen LogP contribution in [0.3, 0.4) is 0 Å². The smallest absolute Gasteiger partial charge is 0.243 e. The van der Waals surface area contributed by atoms with Gasteiger partial charge in [0.2, 0.25) is 5.91 Å². The van der Waals surface area contributed by atoms with E-state index in [0.717, 1.165) is 47.1 Å². The number of aromatic hydroxyl groups is 1. The highest BCUT2D eigenvalue weighted by Gasteiger charge is 2.17. The second kappa shape index (κ2) is 9.09. The van der Waals surface area contributed by atoms with Gasteiger partial charge in [0.25, 0.3) is 0 Å². The Morgan fingerprint density at radius 1 is 1.25 bits per heavy atom. The normalized spacial score (nSPS) is 11.2. The van der Waals surface area contributed by atoms with E-state index in [1.807, 2.05) is 36.4 Å². The van der Waals surface area contributed by atoms with E-state index in [4.69, 9.17) is 10.7 Å². The molecule has 2 aromatic heterocycles. The SMILES string of the molecule is C=CC(=O)NCc1cc(Cn2c(CCCC)nc3c(N)nc4ccccc4c32)ccc1O. The molecule has 0 aliphatic heterocycles. The number of amides is 1. The Hall–Kier alpha value is -3.87. The van der Waals surface area contributed by atoms with Crippen LogP contribution in [-0.2, 0) is 24.3 Å². The molecule has 4 N–H and O–H groups in total. The minimum Gasteiger partial charge on any atom is -0.508 e. The van der Waals surface area contributed by atoms with Crippen molar-refractivity contribution in [1.82, 2.24) is 19.9 Å². The zero-order chi connectivity index (χ0) is 22.7. The molecule has 0 saturated heterocycles. The van der Waals surface area contributed by atoms with E-state index in [-0.39, 0.29) is 18.2 Å². The Kier molecular flexibility index (Phi) is 6.07. The number of aromatic nitrogens is 3. The van der Waals surface area contributed by atoms with E-state index in [2.05, 4.69) is 28.4 Å². The number of unbranched alkanes of at least 4 members (excludes halogenated alkanes) is 1. The lowest BCUT2D eigenvalue weighted by atomic mass is 10.1. The molecule has 2 heterocycles. The lowest BCUT2D eigenvalue weighted by Gasteiger charge is -2.13. The number of carbonyl (C=O) groups is 1. The number of phenolic OH excluding ortho intramolecular Hbond substituents is 1. The van der Waals surface area contributed by atoms with E-state index in [0.29, 0.717) is 23.4 Å². The van der Waals surface area contributed by atoms with Gasteiger partial charge in [0.1, 0.15) is 17.1 Å². The number of benzene rings is 2. The Morgan fingerprint density at radius 2 is 2.06 bits per heavy atom. The van der Waals surface area contributed by atoms with Gasteiger partial charge in [-0.25, -0.2) is 9.97 Å². The van der Waals surface area contributed by atoms with Crippen LogP contribution in [0.1, 0.15) is 36.7 Å². The van der Waals surface area contributed by atoms with Crippen LogP contribution in [0.2, 0.25) is 0 Å². The molecule has 2 aromatic carbocycles. The number of rotatable bonds is 8. The van der Waals surface area contributed by atoms with Gasteiger partial charge < -0.3 is 20.7 Å². The Morgan fingerprint density at radius 3 is 2.84 bits per heavy atom. The van der Waals surface area contributed by atoms with Gasteiger partial charge in [0.15, 0.2) is 5.82 Å². The maximum Gasteiger partial charge on any atom is 0.243 e. The molecule has 164 valence electrons. The standard InChI is InChI=1S/C25H27N5O2/c1-3-5-10-21-29-23-24(18-8-6-7-9-19(18)28-25(23)26)30(21)15-16-11-12-20(31)17(13-16)14-27-22(32)4-2/h4,6-9,11-13,31H,2-3,5,10,14-15H2,1H3,(H2,26,28)(H,27,32). The molecule has 0 spiro atoms. The Balaban J connectivity index is 1.81. The van der Waals surface area contributed by atoms with Gasteiger partial charge in [-0.15, -0.1) is 0 Å². The van der Waals surface area contributed by atoms with Crippen LogP contribution in [0, 0.1) is 0 Å². The van der Waals surface area contributed by atoms with E-state index in [1.54, 1.807) is 6.07 Å². The van der Waals surface area contributed by atoms with Crippen molar-refractivity contribution in [2.45, 2.75) is 39.3 Å². The van der Waals surface area contributed by atoms with Crippen LogP contribution in [0.25, 0.3) is 21.9 Å². The molecule has 0 unspecified atom stereocenters. The zero-order valence-electron chi connectivity index (χ0n) is 18.1. The van der Waals surface area contributed by atoms with Gasteiger partial charge in [0.05, 0.1) is 11.0 Å². The summed E-state index contributed by atoms with van der Waals surface area (Å²) in [5.74, 6) is 1.24. The fraction of sp³-hybridized carbons (Fsp3) is 0.240. The number of hydrogen-bond acceptors (Lipinski definition) is 5. The molecule has 0 atom stereocenters. The maximum absolute atomic E-state index is 11.5. The summed E-state index contributed by atoms with van der Waals surface area (Å²) in [6.07, 6.45) is 4.12. The fourth-order valence-corrected chi connectivity index (χ4v) is 3.92. The molecule has 0 aliphatic rings. The number of anilines is 1. The van der Waals surface area contributed by atoms with Crippen LogP contribution >= 0.6 is 0 Å². The molecule has 32 heavy (non-hydrogen) atoms. The van der Waals surface area contributed by atoms with Crippen molar-refractivity contribution in [3.05, 3.63) is 72.1 Å². The first-order valence-electron chi connectivity index (χ1n) is 10.8. The molecular weight excluding hydrogens is 402 g/mol. The summed E-state index contributed by atoms with van der Waals surface area (Å²) in [5, 5.41) is 14.0. The monoisotopic (exact) mass is 429 g/mol. The second-order valence-electron chi connectivity index (χ2n) is 7.81. The third-order valence-corrected chi connectivity index (χ3v) is 5.57. The number of nitrogens with zero attached hydrogens (tertiary/aromatic N) is 3. The topological polar surface area (TPSA) is 106 Å². The highest BCUT2D eigenvalue weighted by atomic mass is 16.3. The molecule has 0 saturated carbocycles. The van der Waals surface area contributed by atoms with Gasteiger partial charge in [-0.1, -0.05) is 44.2 Å². The summed E-state index contributed by atoms with van der Waals surface area (Å²) in [7, 11) is 0. The van der Waals surface area contributed by atoms with Crippen molar-refractivity contribution in [3.63, 3.8) is 0 Å². The molecule has 0 bridgehead atoms. The molecule has 0 aliphatic carbocycles. The first-order valence-corrected chi connectivity index (χ1v) is 10.8. The number of para-hydroxylation sites is 1. The average Bonchev–Trinajstić information content (AvgIpc) is 3.16. The molecule has 4 rings (SSSR count). The predicted octanol–water partition coefficient (Wildman–Crippen LogP) is 4.07. The quantitative estimate of drug-likeness (QED) is 0.366. The van der Waals surface area contributed by atoms with Crippen LogP contribution in [0.4, 0.5) is 5.82 Å². The first kappa shape index (κ1) is 21.4. The summed E-state index contributed by atoms with van der Waals surface area (Å²) in [4.78, 5) is 20.9. The van der Waals surface area contributed by atoms with E-state index in [9.17, 15) is 9.90 Å². The first-order chi connectivity index (χ1) is 15.5. The predicted molar refractivity (Wildman–Crippen MR) is 127 cm³/mol. The van der Waals surface area contributed by atoms with Crippen molar-refractivity contribution in [3.8, 4) is 5.75 Å². The summed E-state index contributed by atoms with van der Waals surface area (Å²) in [6.45, 7) is 6.39. The minimum atomic E-state index is -0.285. The highest BCUT2D eigenvalue weighted by molar-refractivity contribution is 6.06. The van der Waals surface area contributed by atoms with Gasteiger partial charge in [-0.05, 0) is 36.3 Å². The highest BCUT2D eigenvalue weighted by Crippen LogP contribution is 2.30. The lowest BCUT2D eigenvalue weighted by Crippen LogP contribution is -2.20. The molecule has 0 fully saturated rings. The van der Waals surface area contributed by atoms with E-state index in [1.165, 1.54) is 6.08 Å². The molecule has 7 heteroatoms. The number of pyridine rings is 1. The van der Waals surface area contributed by atoms with Crippen LogP contribution < -0.4 is 11.1 Å². The summed E-state index contributed by atoms with van der Waals surface area (Å²) in [6, 6.07) is 13.4. The average molecular weight is 430 g/mol. The van der Waals surface area contributed by atoms with Crippen LogP contribution in [0.5, 0.6) is 5.75 Å². The lowest BCUT2D eigenvalue weighted by molar-refractivity contribution is -0.116. The van der Waals surface area contributed by atoms with Crippen molar-refractivity contribution in [2.75, 3.05) is 5.73 Å². The summed E-state index contributed by atoms with van der Waals surface area (Å²) < 4.78 is 2.20. The second-order valence-corrected chi connectivity index (χ2v) is 7.81. The van der Waals surface area contributed by atoms with Crippen molar-refractivity contribution < 1.29 is 9.90 Å². The largest absolute Gasteiger partial charge is 0.508 e. The van der Waals surface area contributed by atoms with Gasteiger partial charge in [0, 0.05) is 30.5 Å². The van der Waals surface area contributed by atoms with Crippen LogP contribution in [0.15, 0.2) is 55.1 Å². The van der Waals surface area contributed by atoms with Gasteiger partial charge >= 0.3 is 0 Å². The molecular formula is C25H27N5O2. The zero-order valence-corrected chi connectivity index (χ0v) is 18.1. The number of aryl methyl sites for hydroxylation is 1. The van der Waals surface area contributed by atoms with Crippen LogP contribution in [-0.4, -0.2) is 25.5 Å². The molecule has 7 nitrogen and oxygen atoms in total. The molecule has 4 aromatic rings. The maximum atomic E-state index is 11.5. The summed E-state index contributed by atoms with van der Waals surface area (Å²) >= 11 is 0. The third-order valence-electron chi connectivity index (χ3n) is 5.57. The van der Waals surface area contributed by atoms with Gasteiger partial charge in [-0.3, -0.25) is 4.79 Å². The molecule has 0 radical (unpaired) electrons. The third kappa shape index (κ3) is 4.14. The number of nitrogens with two attached hydrogens (primary N) is 1. The number of imidazole rings is 1. The van der Waals surface area contributed by atoms with E-state index < -0.39 is 0 Å². The number of phenols is 1.